The van der Waals surface area contributed by atoms with Gasteiger partial charge in [-0.15, -0.1) is 0 Å². The summed E-state index contributed by atoms with van der Waals surface area (Å²) in [5.41, 5.74) is 1.74. The van der Waals surface area contributed by atoms with E-state index in [0.717, 1.165) is 0 Å². The first-order chi connectivity index (χ1) is 13.6. The molecule has 3 rings (SSSR count). The van der Waals surface area contributed by atoms with Crippen molar-refractivity contribution in [1.82, 2.24) is 0 Å². The molecule has 0 aliphatic heterocycles. The summed E-state index contributed by atoms with van der Waals surface area (Å²) in [6, 6.07) is 21.8. The minimum Gasteiger partial charge on any atom is -0.0921 e. The first-order valence-corrected chi connectivity index (χ1v) is 13.1. The van der Waals surface area contributed by atoms with Gasteiger partial charge in [0, 0.05) is 30.8 Å². The molecule has 1 fully saturated rings. The molecule has 0 saturated heterocycles. The zero-order valence-electron chi connectivity index (χ0n) is 18.7. The van der Waals surface area contributed by atoms with E-state index in [2.05, 4.69) is 128 Å². The van der Waals surface area contributed by atoms with E-state index in [1.54, 1.807) is 0 Å². The molecule has 1 aliphatic rings. The van der Waals surface area contributed by atoms with Gasteiger partial charge in [0.1, 0.15) is 0 Å². The molecule has 2 heteroatoms. The van der Waals surface area contributed by atoms with Gasteiger partial charge in [-0.1, -0.05) is 117 Å². The van der Waals surface area contributed by atoms with Crippen LogP contribution in [0.2, 0.25) is 0 Å². The van der Waals surface area contributed by atoms with Crippen molar-refractivity contribution >= 4 is 26.5 Å². The summed E-state index contributed by atoms with van der Waals surface area (Å²) in [7, 11) is -0.961. The first kappa shape index (κ1) is 23.0. The number of benzene rings is 2. The molecule has 29 heavy (non-hydrogen) atoms. The molecule has 2 aromatic carbocycles. The van der Waals surface area contributed by atoms with Gasteiger partial charge in [-0.05, 0) is 34.5 Å². The molecule has 0 N–H and O–H groups in total. The number of hydrogen-bond acceptors (Lipinski definition) is 0. The SMILES string of the molecule is C[C@H]([C]1[C][C][C][C]1P(c1ccccc1)c1ccccc1)P(C(C)(C)C)C(C)(C)C. The minimum absolute atomic E-state index is 0.262. The second-order valence-electron chi connectivity index (χ2n) is 9.53. The van der Waals surface area contributed by atoms with Crippen LogP contribution >= 0.6 is 15.8 Å². The van der Waals surface area contributed by atoms with Crippen LogP contribution in [0.15, 0.2) is 60.7 Å². The molecule has 0 amide bonds. The molecule has 0 spiro atoms. The molecule has 1 aliphatic carbocycles. The quantitative estimate of drug-likeness (QED) is 0.461. The molecule has 1 atom stereocenters. The maximum atomic E-state index is 3.50. The lowest BCUT2D eigenvalue weighted by atomic mass is 10.0. The van der Waals surface area contributed by atoms with Crippen molar-refractivity contribution < 1.29 is 0 Å². The summed E-state index contributed by atoms with van der Waals surface area (Å²) in [4.78, 5) is 0. The Morgan fingerprint density at radius 1 is 0.690 bits per heavy atom. The molecule has 0 unspecified atom stereocenters. The Balaban J connectivity index is 2.00. The summed E-state index contributed by atoms with van der Waals surface area (Å²) < 4.78 is 0. The summed E-state index contributed by atoms with van der Waals surface area (Å²) in [6.07, 6.45) is 10.2. The van der Waals surface area contributed by atoms with Gasteiger partial charge in [0.15, 0.2) is 0 Å². The van der Waals surface area contributed by atoms with Crippen LogP contribution in [0.5, 0.6) is 0 Å². The van der Waals surface area contributed by atoms with Gasteiger partial charge in [-0.3, -0.25) is 0 Å². The zero-order chi connectivity index (χ0) is 21.2. The summed E-state index contributed by atoms with van der Waals surface area (Å²) in [6.45, 7) is 16.8. The largest absolute Gasteiger partial charge is 0.0921 e. The molecule has 1 saturated carbocycles. The Kier molecular flexibility index (Phi) is 7.29. The first-order valence-electron chi connectivity index (χ1n) is 10.3. The van der Waals surface area contributed by atoms with Crippen LogP contribution in [0.1, 0.15) is 48.5 Å². The Morgan fingerprint density at radius 3 is 1.55 bits per heavy atom. The van der Waals surface area contributed by atoms with Crippen LogP contribution in [0.3, 0.4) is 0 Å². The van der Waals surface area contributed by atoms with Gasteiger partial charge in [0.25, 0.3) is 0 Å². The highest BCUT2D eigenvalue weighted by Gasteiger charge is 2.47. The predicted octanol–water partition coefficient (Wildman–Crippen LogP) is 6.95. The van der Waals surface area contributed by atoms with Gasteiger partial charge in [-0.25, -0.2) is 0 Å². The highest BCUT2D eigenvalue weighted by atomic mass is 31.1. The summed E-state index contributed by atoms with van der Waals surface area (Å²) in [5, 5.41) is 3.25. The highest BCUT2D eigenvalue weighted by Crippen LogP contribution is 2.69. The Hall–Kier alpha value is -0.700. The van der Waals surface area contributed by atoms with Gasteiger partial charge >= 0.3 is 0 Å². The van der Waals surface area contributed by atoms with Crippen molar-refractivity contribution in [2.24, 2.45) is 0 Å². The Bertz CT molecular complexity index is 701. The summed E-state index contributed by atoms with van der Waals surface area (Å²) >= 11 is 0. The molecule has 0 bridgehead atoms. The van der Waals surface area contributed by atoms with Crippen molar-refractivity contribution in [3.63, 3.8) is 0 Å². The molecule has 2 aromatic rings. The van der Waals surface area contributed by atoms with E-state index in [9.17, 15) is 0 Å². The Morgan fingerprint density at radius 2 is 1.14 bits per heavy atom. The highest BCUT2D eigenvalue weighted by molar-refractivity contribution is 7.76. The second-order valence-corrected chi connectivity index (χ2v) is 15.9. The van der Waals surface area contributed by atoms with E-state index >= 15 is 0 Å². The predicted molar refractivity (Wildman–Crippen MR) is 131 cm³/mol. The fourth-order valence-electron chi connectivity index (χ4n) is 4.62. The van der Waals surface area contributed by atoms with Crippen LogP contribution in [0, 0.1) is 30.8 Å². The van der Waals surface area contributed by atoms with Crippen LogP contribution in [0.25, 0.3) is 0 Å². The minimum atomic E-state index is -0.666. The van der Waals surface area contributed by atoms with E-state index in [4.69, 9.17) is 0 Å². The zero-order valence-corrected chi connectivity index (χ0v) is 20.5. The third-order valence-electron chi connectivity index (χ3n) is 5.14. The normalized spacial score (nSPS) is 18.0. The van der Waals surface area contributed by atoms with Gasteiger partial charge in [0.05, 0.1) is 0 Å². The van der Waals surface area contributed by atoms with E-state index in [0.29, 0.717) is 5.66 Å². The average Bonchev–Trinajstić information content (AvgIpc) is 3.11. The average molecular weight is 419 g/mol. The third-order valence-corrected chi connectivity index (χ3v) is 11.5. The van der Waals surface area contributed by atoms with Gasteiger partial charge < -0.3 is 0 Å². The summed E-state index contributed by atoms with van der Waals surface area (Å²) in [5.74, 6) is 1.32. The van der Waals surface area contributed by atoms with Crippen molar-refractivity contribution in [3.8, 4) is 0 Å². The van der Waals surface area contributed by atoms with Crippen molar-refractivity contribution in [3.05, 3.63) is 91.5 Å². The molecular formula is C27H32P2. The standard InChI is InChI=1S/C27H32P2/c1-21(29(26(2,3)4)27(5,6)7)24-19-14-20-25(24)28(22-15-10-8-11-16-22)23-17-12-9-13-18-23/h8-13,15-18,21H,1-7H3/t21-/m1/s1. The lowest BCUT2D eigenvalue weighted by molar-refractivity contribution is 0.689. The van der Waals surface area contributed by atoms with Crippen LogP contribution in [0.4, 0.5) is 0 Å². The van der Waals surface area contributed by atoms with E-state index in [1.807, 2.05) is 0 Å². The molecule has 0 heterocycles. The fraction of sp³-hybridized carbons (Fsp3) is 0.370. The third kappa shape index (κ3) is 5.32. The van der Waals surface area contributed by atoms with E-state index in [1.165, 1.54) is 22.2 Å². The van der Waals surface area contributed by atoms with Crippen molar-refractivity contribution in [1.29, 1.82) is 0 Å². The Labute approximate surface area is 182 Å². The number of rotatable bonds is 5. The van der Waals surface area contributed by atoms with Crippen molar-refractivity contribution in [2.75, 3.05) is 0 Å². The molecule has 8 radical (unpaired) electrons. The van der Waals surface area contributed by atoms with Gasteiger partial charge in [0.2, 0.25) is 0 Å². The van der Waals surface area contributed by atoms with Crippen molar-refractivity contribution in [2.45, 2.75) is 64.4 Å². The topological polar surface area (TPSA) is 0 Å². The van der Waals surface area contributed by atoms with E-state index < -0.39 is 7.92 Å². The lowest BCUT2D eigenvalue weighted by Crippen LogP contribution is -2.34. The number of hydrogen-bond donors (Lipinski definition) is 0. The lowest BCUT2D eigenvalue weighted by Gasteiger charge is -2.48. The van der Waals surface area contributed by atoms with Crippen LogP contribution in [-0.4, -0.2) is 16.0 Å². The fourth-order valence-corrected chi connectivity index (χ4v) is 11.9. The smallest absolute Gasteiger partial charge is 0.0248 e. The van der Waals surface area contributed by atoms with Gasteiger partial charge in [-0.2, -0.15) is 0 Å². The molecule has 0 aromatic heterocycles. The maximum Gasteiger partial charge on any atom is 0.0248 e. The molecule has 0 nitrogen and oxygen atoms in total. The molecular weight excluding hydrogens is 386 g/mol. The second kappa shape index (κ2) is 9.20. The molecule has 150 valence electrons. The maximum absolute atomic E-state index is 3.50. The monoisotopic (exact) mass is 418 g/mol. The van der Waals surface area contributed by atoms with Crippen LogP contribution in [-0.2, 0) is 0 Å². The van der Waals surface area contributed by atoms with Crippen LogP contribution < -0.4 is 10.6 Å². The van der Waals surface area contributed by atoms with E-state index in [-0.39, 0.29) is 18.2 Å².